The van der Waals surface area contributed by atoms with Gasteiger partial charge in [0.25, 0.3) is 0 Å². The van der Waals surface area contributed by atoms with E-state index >= 15 is 0 Å². The lowest BCUT2D eigenvalue weighted by molar-refractivity contribution is 0.0472. The Morgan fingerprint density at radius 2 is 1.76 bits per heavy atom. The fourth-order valence-electron chi connectivity index (χ4n) is 2.39. The normalized spacial score (nSPS) is 10.7. The Hall–Kier alpha value is -3.02. The van der Waals surface area contributed by atoms with Gasteiger partial charge in [-0.15, -0.1) is 0 Å². The van der Waals surface area contributed by atoms with Gasteiger partial charge in [0.05, 0.1) is 35.1 Å². The van der Waals surface area contributed by atoms with E-state index in [0.717, 1.165) is 16.9 Å². The van der Waals surface area contributed by atoms with Crippen molar-refractivity contribution in [1.82, 2.24) is 9.97 Å². The summed E-state index contributed by atoms with van der Waals surface area (Å²) in [7, 11) is 1.39. The van der Waals surface area contributed by atoms with Gasteiger partial charge in [0.1, 0.15) is 6.61 Å². The Labute approximate surface area is 144 Å². The van der Waals surface area contributed by atoms with Crippen molar-refractivity contribution in [3.05, 3.63) is 64.7 Å². The number of aromatic nitrogens is 2. The minimum absolute atomic E-state index is 0.0314. The fraction of sp³-hybridized carbons (Fsp3) is 0.211. The van der Waals surface area contributed by atoms with Gasteiger partial charge >= 0.3 is 5.97 Å². The van der Waals surface area contributed by atoms with E-state index in [4.69, 9.17) is 9.47 Å². The predicted molar refractivity (Wildman–Crippen MR) is 91.1 cm³/mol. The number of hydrogen-bond acceptors (Lipinski definition) is 5. The summed E-state index contributed by atoms with van der Waals surface area (Å²) in [5.74, 6) is -0.852. The molecule has 1 aromatic heterocycles. The molecule has 2 aromatic carbocycles. The van der Waals surface area contributed by atoms with E-state index in [-0.39, 0.29) is 12.4 Å². The Kier molecular flexibility index (Phi) is 4.61. The van der Waals surface area contributed by atoms with E-state index in [1.54, 1.807) is 24.3 Å². The second-order valence-corrected chi connectivity index (χ2v) is 5.64. The molecular weight excluding hydrogens is 323 g/mol. The van der Waals surface area contributed by atoms with Crippen LogP contribution >= 0.6 is 0 Å². The molecule has 0 saturated heterocycles. The van der Waals surface area contributed by atoms with E-state index in [2.05, 4.69) is 9.97 Å². The molecular formula is C19H17FN2O3. The minimum atomic E-state index is -0.502. The number of rotatable bonds is 4. The van der Waals surface area contributed by atoms with Gasteiger partial charge in [0, 0.05) is 0 Å². The van der Waals surface area contributed by atoms with Crippen molar-refractivity contribution in [2.24, 2.45) is 0 Å². The van der Waals surface area contributed by atoms with Gasteiger partial charge in [-0.3, -0.25) is 0 Å². The number of aryl methyl sites for hydroxylation is 2. The van der Waals surface area contributed by atoms with Crippen LogP contribution in [-0.4, -0.2) is 23.0 Å². The van der Waals surface area contributed by atoms with Crippen LogP contribution in [-0.2, 0) is 11.3 Å². The largest absolute Gasteiger partial charge is 0.494 e. The lowest BCUT2D eigenvalue weighted by atomic mass is 10.2. The number of methoxy groups -OCH3 is 1. The molecule has 5 nitrogen and oxygen atoms in total. The SMILES string of the molecule is COc1ccc(COC(=O)c2ccc3nc(C)c(C)nc3c2)cc1F. The summed E-state index contributed by atoms with van der Waals surface area (Å²) >= 11 is 0. The Morgan fingerprint density at radius 3 is 2.44 bits per heavy atom. The molecule has 0 fully saturated rings. The van der Waals surface area contributed by atoms with Gasteiger partial charge in [0.2, 0.25) is 0 Å². The van der Waals surface area contributed by atoms with Crippen molar-refractivity contribution >= 4 is 17.0 Å². The summed E-state index contributed by atoms with van der Waals surface area (Å²) in [6.45, 7) is 3.72. The maximum absolute atomic E-state index is 13.7. The first-order chi connectivity index (χ1) is 12.0. The lowest BCUT2D eigenvalue weighted by Gasteiger charge is -2.08. The third-order valence-electron chi connectivity index (χ3n) is 3.90. The van der Waals surface area contributed by atoms with Crippen LogP contribution in [0, 0.1) is 19.7 Å². The van der Waals surface area contributed by atoms with E-state index in [9.17, 15) is 9.18 Å². The first-order valence-corrected chi connectivity index (χ1v) is 7.72. The molecule has 128 valence electrons. The standard InChI is InChI=1S/C19H17FN2O3/c1-11-12(2)22-17-9-14(5-6-16(17)21-11)19(23)25-10-13-4-7-18(24-3)15(20)8-13/h4-9H,10H2,1-3H3. The van der Waals surface area contributed by atoms with E-state index in [1.165, 1.54) is 19.2 Å². The number of fused-ring (bicyclic) bond motifs is 1. The fourth-order valence-corrected chi connectivity index (χ4v) is 2.39. The number of carbonyl (C=O) groups excluding carboxylic acids is 1. The predicted octanol–water partition coefficient (Wildman–Crippen LogP) is 3.75. The average molecular weight is 340 g/mol. The maximum Gasteiger partial charge on any atom is 0.338 e. The number of carbonyl (C=O) groups is 1. The summed E-state index contributed by atoms with van der Waals surface area (Å²) in [4.78, 5) is 21.1. The molecule has 0 radical (unpaired) electrons. The lowest BCUT2D eigenvalue weighted by Crippen LogP contribution is -2.06. The Morgan fingerprint density at radius 1 is 1.04 bits per heavy atom. The highest BCUT2D eigenvalue weighted by Gasteiger charge is 2.11. The van der Waals surface area contributed by atoms with E-state index < -0.39 is 11.8 Å². The van der Waals surface area contributed by atoms with Gasteiger partial charge in [-0.1, -0.05) is 6.07 Å². The Balaban J connectivity index is 1.76. The molecule has 0 aliphatic carbocycles. The summed E-state index contributed by atoms with van der Waals surface area (Å²) in [6.07, 6.45) is 0. The first kappa shape index (κ1) is 16.8. The van der Waals surface area contributed by atoms with Crippen molar-refractivity contribution in [1.29, 1.82) is 0 Å². The molecule has 0 amide bonds. The van der Waals surface area contributed by atoms with E-state index in [1.807, 2.05) is 13.8 Å². The van der Waals surface area contributed by atoms with Crippen LogP contribution < -0.4 is 4.74 Å². The molecule has 0 unspecified atom stereocenters. The molecule has 25 heavy (non-hydrogen) atoms. The van der Waals surface area contributed by atoms with Crippen LogP contribution in [0.5, 0.6) is 5.75 Å². The van der Waals surface area contributed by atoms with Gasteiger partial charge in [-0.25, -0.2) is 19.2 Å². The number of esters is 1. The zero-order valence-electron chi connectivity index (χ0n) is 14.2. The molecule has 0 bridgehead atoms. The quantitative estimate of drug-likeness (QED) is 0.677. The number of benzene rings is 2. The second-order valence-electron chi connectivity index (χ2n) is 5.64. The molecule has 0 saturated carbocycles. The summed E-state index contributed by atoms with van der Waals surface area (Å²) in [6, 6.07) is 9.44. The summed E-state index contributed by atoms with van der Waals surface area (Å²) in [5, 5.41) is 0. The molecule has 0 aliphatic heterocycles. The van der Waals surface area contributed by atoms with Gasteiger partial charge in [0.15, 0.2) is 11.6 Å². The van der Waals surface area contributed by atoms with Crippen molar-refractivity contribution < 1.29 is 18.7 Å². The minimum Gasteiger partial charge on any atom is -0.494 e. The number of nitrogens with zero attached hydrogens (tertiary/aromatic N) is 2. The zero-order valence-corrected chi connectivity index (χ0v) is 14.2. The monoisotopic (exact) mass is 340 g/mol. The highest BCUT2D eigenvalue weighted by molar-refractivity contribution is 5.93. The summed E-state index contributed by atoms with van der Waals surface area (Å²) in [5.41, 5.74) is 3.93. The smallest absolute Gasteiger partial charge is 0.338 e. The maximum atomic E-state index is 13.7. The molecule has 1 heterocycles. The molecule has 3 aromatic rings. The van der Waals surface area contributed by atoms with Crippen molar-refractivity contribution in [2.75, 3.05) is 7.11 Å². The highest BCUT2D eigenvalue weighted by Crippen LogP contribution is 2.19. The second kappa shape index (κ2) is 6.84. The van der Waals surface area contributed by atoms with Crippen LogP contribution in [0.1, 0.15) is 27.3 Å². The molecule has 0 N–H and O–H groups in total. The van der Waals surface area contributed by atoms with Crippen LogP contribution in [0.4, 0.5) is 4.39 Å². The first-order valence-electron chi connectivity index (χ1n) is 7.72. The third-order valence-corrected chi connectivity index (χ3v) is 3.90. The van der Waals surface area contributed by atoms with Crippen LogP contribution in [0.15, 0.2) is 36.4 Å². The topological polar surface area (TPSA) is 61.3 Å². The zero-order chi connectivity index (χ0) is 18.0. The van der Waals surface area contributed by atoms with Crippen LogP contribution in [0.25, 0.3) is 11.0 Å². The average Bonchev–Trinajstić information content (AvgIpc) is 2.60. The van der Waals surface area contributed by atoms with Crippen molar-refractivity contribution in [3.8, 4) is 5.75 Å². The highest BCUT2D eigenvalue weighted by atomic mass is 19.1. The van der Waals surface area contributed by atoms with Crippen LogP contribution in [0.3, 0.4) is 0 Å². The van der Waals surface area contributed by atoms with Crippen molar-refractivity contribution in [3.63, 3.8) is 0 Å². The number of hydrogen-bond donors (Lipinski definition) is 0. The molecule has 0 spiro atoms. The molecule has 3 rings (SSSR count). The molecule has 0 aliphatic rings. The van der Waals surface area contributed by atoms with Crippen LogP contribution in [0.2, 0.25) is 0 Å². The van der Waals surface area contributed by atoms with Crippen molar-refractivity contribution in [2.45, 2.75) is 20.5 Å². The van der Waals surface area contributed by atoms with Gasteiger partial charge < -0.3 is 9.47 Å². The molecule has 6 heteroatoms. The third kappa shape index (κ3) is 3.57. The van der Waals surface area contributed by atoms with E-state index in [0.29, 0.717) is 16.6 Å². The number of ether oxygens (including phenoxy) is 2. The van der Waals surface area contributed by atoms with Gasteiger partial charge in [-0.05, 0) is 49.7 Å². The summed E-state index contributed by atoms with van der Waals surface area (Å²) < 4.78 is 23.8. The molecule has 0 atom stereocenters. The van der Waals surface area contributed by atoms with Gasteiger partial charge in [-0.2, -0.15) is 0 Å². The number of halogens is 1. The Bertz CT molecular complexity index is 957.